The molecule has 2 aliphatic rings. The molecule has 7 nitrogen and oxygen atoms in total. The fourth-order valence-electron chi connectivity index (χ4n) is 5.16. The van der Waals surface area contributed by atoms with Crippen molar-refractivity contribution in [2.75, 3.05) is 77.7 Å². The smallest absolute Gasteiger partial charge is 0.0717 e. The average Bonchev–Trinajstić information content (AvgIpc) is 2.88. The van der Waals surface area contributed by atoms with Gasteiger partial charge in [-0.15, -0.1) is 0 Å². The molecule has 0 aromatic heterocycles. The third-order valence-corrected chi connectivity index (χ3v) is 7.29. The third-order valence-electron chi connectivity index (χ3n) is 7.29. The van der Waals surface area contributed by atoms with Crippen molar-refractivity contribution in [2.24, 2.45) is 0 Å². The van der Waals surface area contributed by atoms with Crippen LogP contribution in [0.25, 0.3) is 0 Å². The molecule has 0 aliphatic carbocycles. The Morgan fingerprint density at radius 3 is 2.28 bits per heavy atom. The normalized spacial score (nSPS) is 17.4. The number of ether oxygens (including phenoxy) is 3. The first-order valence-corrected chi connectivity index (χ1v) is 13.3. The largest absolute Gasteiger partial charge is 0.394 e. The van der Waals surface area contributed by atoms with Crippen LogP contribution in [-0.2, 0) is 32.8 Å². The number of hydrogen-bond acceptors (Lipinski definition) is 7. The van der Waals surface area contributed by atoms with E-state index in [4.69, 9.17) is 19.3 Å². The summed E-state index contributed by atoms with van der Waals surface area (Å²) in [6.45, 7) is 16.6. The molecule has 0 unspecified atom stereocenters. The summed E-state index contributed by atoms with van der Waals surface area (Å²) in [6.07, 6.45) is 0. The predicted molar refractivity (Wildman–Crippen MR) is 144 cm³/mol. The predicted octanol–water partition coefficient (Wildman–Crippen LogP) is 3.75. The van der Waals surface area contributed by atoms with Crippen molar-refractivity contribution >= 4 is 11.4 Å². The van der Waals surface area contributed by atoms with Gasteiger partial charge < -0.3 is 24.6 Å². The van der Waals surface area contributed by atoms with E-state index >= 15 is 0 Å². The molecule has 1 saturated heterocycles. The van der Waals surface area contributed by atoms with E-state index in [2.05, 4.69) is 65.4 Å². The maximum Gasteiger partial charge on any atom is 0.0717 e. The Hall–Kier alpha value is -2.00. The van der Waals surface area contributed by atoms with Crippen LogP contribution in [0.4, 0.5) is 11.4 Å². The first-order chi connectivity index (χ1) is 17.5. The van der Waals surface area contributed by atoms with Crippen molar-refractivity contribution in [3.63, 3.8) is 0 Å². The van der Waals surface area contributed by atoms with Gasteiger partial charge in [0.15, 0.2) is 0 Å². The van der Waals surface area contributed by atoms with E-state index in [9.17, 15) is 0 Å². The fraction of sp³-hybridized carbons (Fsp3) is 0.586. The van der Waals surface area contributed by atoms with Crippen molar-refractivity contribution < 1.29 is 19.3 Å². The fourth-order valence-corrected chi connectivity index (χ4v) is 5.16. The minimum absolute atomic E-state index is 0.0576. The van der Waals surface area contributed by atoms with E-state index in [1.807, 2.05) is 6.92 Å². The molecule has 36 heavy (non-hydrogen) atoms. The number of hydrogen-bond donors (Lipinski definition) is 2. The summed E-state index contributed by atoms with van der Waals surface area (Å²) in [5.41, 5.74) is 7.62. The minimum Gasteiger partial charge on any atom is -0.394 e. The molecule has 0 spiro atoms. The van der Waals surface area contributed by atoms with Gasteiger partial charge in [-0.2, -0.15) is 0 Å². The van der Waals surface area contributed by atoms with E-state index < -0.39 is 0 Å². The van der Waals surface area contributed by atoms with Crippen molar-refractivity contribution in [2.45, 2.75) is 39.3 Å². The van der Waals surface area contributed by atoms with Crippen LogP contribution in [0, 0.1) is 0 Å². The Kier molecular flexibility index (Phi) is 9.76. The molecule has 2 heterocycles. The lowest BCUT2D eigenvalue weighted by Gasteiger charge is -2.37. The molecule has 2 aromatic rings. The van der Waals surface area contributed by atoms with Crippen molar-refractivity contribution in [3.8, 4) is 0 Å². The number of nitrogens with one attached hydrogen (secondary N) is 1. The van der Waals surface area contributed by atoms with Crippen LogP contribution in [0.3, 0.4) is 0 Å². The van der Waals surface area contributed by atoms with Gasteiger partial charge in [0.1, 0.15) is 0 Å². The zero-order chi connectivity index (χ0) is 25.4. The number of benzene rings is 2. The lowest BCUT2D eigenvalue weighted by molar-refractivity contribution is 0.0214. The molecule has 0 bridgehead atoms. The van der Waals surface area contributed by atoms with Gasteiger partial charge >= 0.3 is 0 Å². The third kappa shape index (κ3) is 6.85. The summed E-state index contributed by atoms with van der Waals surface area (Å²) in [7, 11) is 0. The van der Waals surface area contributed by atoms with Crippen molar-refractivity contribution in [1.82, 2.24) is 9.80 Å². The molecule has 4 rings (SSSR count). The Morgan fingerprint density at radius 2 is 1.53 bits per heavy atom. The average molecular weight is 498 g/mol. The molecule has 1 fully saturated rings. The van der Waals surface area contributed by atoms with Crippen LogP contribution in [0.1, 0.15) is 43.0 Å². The van der Waals surface area contributed by atoms with Gasteiger partial charge in [-0.1, -0.05) is 38.1 Å². The molecule has 198 valence electrons. The first kappa shape index (κ1) is 27.0. The second kappa shape index (κ2) is 13.0. The maximum atomic E-state index is 8.71. The highest BCUT2D eigenvalue weighted by molar-refractivity contribution is 5.76. The number of aliphatic hydroxyl groups is 1. The van der Waals surface area contributed by atoms with Crippen LogP contribution >= 0.6 is 0 Å². The number of anilines is 2. The molecule has 0 radical (unpaired) electrons. The van der Waals surface area contributed by atoms with Crippen LogP contribution in [0.5, 0.6) is 0 Å². The van der Waals surface area contributed by atoms with Gasteiger partial charge in [0.05, 0.1) is 39.6 Å². The lowest BCUT2D eigenvalue weighted by Crippen LogP contribution is -2.46. The molecule has 2 aliphatic heterocycles. The minimum atomic E-state index is -0.0576. The number of rotatable bonds is 13. The number of fused-ring (bicyclic) bond motifs is 2. The van der Waals surface area contributed by atoms with Gasteiger partial charge in [-0.05, 0) is 41.3 Å². The van der Waals surface area contributed by atoms with Crippen molar-refractivity contribution in [1.29, 1.82) is 0 Å². The Balaban J connectivity index is 1.28. The monoisotopic (exact) mass is 497 g/mol. The van der Waals surface area contributed by atoms with Crippen LogP contribution in [-0.4, -0.2) is 87.3 Å². The Bertz CT molecular complexity index is 973. The molecule has 0 saturated carbocycles. The number of nitrogens with zero attached hydrogens (tertiary/aromatic N) is 2. The number of piperazine rings is 1. The zero-order valence-corrected chi connectivity index (χ0v) is 22.2. The van der Waals surface area contributed by atoms with Gasteiger partial charge in [0.2, 0.25) is 0 Å². The summed E-state index contributed by atoms with van der Waals surface area (Å²) < 4.78 is 16.5. The second-order valence-corrected chi connectivity index (χ2v) is 10.2. The first-order valence-electron chi connectivity index (χ1n) is 13.3. The van der Waals surface area contributed by atoms with Gasteiger partial charge in [-0.3, -0.25) is 9.80 Å². The van der Waals surface area contributed by atoms with Crippen LogP contribution < -0.4 is 5.32 Å². The summed E-state index contributed by atoms with van der Waals surface area (Å²) in [4.78, 5) is 5.03. The lowest BCUT2D eigenvalue weighted by atomic mass is 9.73. The van der Waals surface area contributed by atoms with Crippen LogP contribution in [0.15, 0.2) is 36.4 Å². The highest BCUT2D eigenvalue weighted by atomic mass is 16.5. The topological polar surface area (TPSA) is 66.4 Å². The van der Waals surface area contributed by atoms with Gasteiger partial charge in [0.25, 0.3) is 0 Å². The van der Waals surface area contributed by atoms with Gasteiger partial charge in [-0.25, -0.2) is 0 Å². The zero-order valence-electron chi connectivity index (χ0n) is 22.2. The van der Waals surface area contributed by atoms with E-state index in [1.165, 1.54) is 33.6 Å². The summed E-state index contributed by atoms with van der Waals surface area (Å²) in [6, 6.07) is 13.6. The standard InChI is InChI=1S/C29H43N3O4/c1-4-34-22-24-5-7-25-28(20-24)30-27-8-6-23(19-26(27)29(25,2)3)21-32-11-9-31(10-12-32)13-15-35-17-18-36-16-14-33/h5-8,19-20,30,33H,4,9-18,21-22H2,1-3H3. The van der Waals surface area contributed by atoms with Crippen molar-refractivity contribution in [3.05, 3.63) is 58.7 Å². The van der Waals surface area contributed by atoms with E-state index in [-0.39, 0.29) is 12.0 Å². The molecule has 2 N–H and O–H groups in total. The van der Waals surface area contributed by atoms with Crippen LogP contribution in [0.2, 0.25) is 0 Å². The molecule has 0 atom stereocenters. The van der Waals surface area contributed by atoms with E-state index in [0.29, 0.717) is 26.4 Å². The summed E-state index contributed by atoms with van der Waals surface area (Å²) >= 11 is 0. The van der Waals surface area contributed by atoms with Gasteiger partial charge in [0, 0.05) is 62.7 Å². The molecule has 0 amide bonds. The van der Waals surface area contributed by atoms with E-state index in [1.54, 1.807) is 0 Å². The maximum absolute atomic E-state index is 8.71. The SMILES string of the molecule is CCOCc1ccc2c(c1)Nc1ccc(CN3CCN(CCOCCOCCO)CC3)cc1C2(C)C. The summed E-state index contributed by atoms with van der Waals surface area (Å²) in [5.74, 6) is 0. The highest BCUT2D eigenvalue weighted by Crippen LogP contribution is 2.45. The quantitative estimate of drug-likeness (QED) is 0.409. The van der Waals surface area contributed by atoms with E-state index in [0.717, 1.165) is 52.5 Å². The molecule has 7 heteroatoms. The number of aliphatic hydroxyl groups excluding tert-OH is 1. The second-order valence-electron chi connectivity index (χ2n) is 10.2. The Labute approximate surface area is 216 Å². The molecular weight excluding hydrogens is 454 g/mol. The summed E-state index contributed by atoms with van der Waals surface area (Å²) in [5, 5.41) is 12.4. The highest BCUT2D eigenvalue weighted by Gasteiger charge is 2.33. The molecule has 2 aromatic carbocycles. The molecular formula is C29H43N3O4. The Morgan fingerprint density at radius 1 is 0.806 bits per heavy atom.